The number of halogens is 1. The van der Waals surface area contributed by atoms with E-state index in [1.165, 1.54) is 13.0 Å². The second-order valence-electron chi connectivity index (χ2n) is 3.39. The molecule has 0 aliphatic carbocycles. The Morgan fingerprint density at radius 3 is 2.53 bits per heavy atom. The minimum atomic E-state index is -0.531. The maximum atomic E-state index is 13.4. The molecule has 0 heterocycles. The molecule has 1 amide bonds. The first-order valence-electron chi connectivity index (χ1n) is 4.49. The molecule has 1 aromatic carbocycles. The molecule has 0 radical (unpaired) electrons. The van der Waals surface area contributed by atoms with Crippen LogP contribution in [0.25, 0.3) is 0 Å². The minimum Gasteiger partial charge on any atom is -0.326 e. The van der Waals surface area contributed by atoms with Gasteiger partial charge < -0.3 is 5.32 Å². The first-order chi connectivity index (χ1) is 6.97. The summed E-state index contributed by atoms with van der Waals surface area (Å²) in [6.07, 6.45) is 0.461. The molecule has 0 fully saturated rings. The van der Waals surface area contributed by atoms with E-state index in [-0.39, 0.29) is 11.5 Å². The van der Waals surface area contributed by atoms with Crippen LogP contribution in [-0.2, 0) is 4.79 Å². The summed E-state index contributed by atoms with van der Waals surface area (Å²) >= 11 is 0. The third-order valence-electron chi connectivity index (χ3n) is 2.18. The summed E-state index contributed by atoms with van der Waals surface area (Å²) in [6, 6.07) is 1.51. The van der Waals surface area contributed by atoms with Gasteiger partial charge in [0.1, 0.15) is 5.82 Å². The molecule has 1 aromatic rings. The van der Waals surface area contributed by atoms with Gasteiger partial charge in [-0.15, -0.1) is 0 Å². The standard InChI is InChI=1S/C11H12FNO2/c1-6-4-10(13-8(3)15)7(2)9(5-14)11(6)12/h4-5H,1-3H3,(H,13,15). The van der Waals surface area contributed by atoms with Gasteiger partial charge in [-0.3, -0.25) is 9.59 Å². The Morgan fingerprint density at radius 1 is 1.47 bits per heavy atom. The number of hydrogen-bond donors (Lipinski definition) is 1. The molecular weight excluding hydrogens is 197 g/mol. The summed E-state index contributed by atoms with van der Waals surface area (Å²) in [5.74, 6) is -0.780. The maximum absolute atomic E-state index is 13.4. The second-order valence-corrected chi connectivity index (χ2v) is 3.39. The van der Waals surface area contributed by atoms with Crippen molar-refractivity contribution in [3.05, 3.63) is 28.6 Å². The highest BCUT2D eigenvalue weighted by Crippen LogP contribution is 2.23. The van der Waals surface area contributed by atoms with Gasteiger partial charge in [0.15, 0.2) is 6.29 Å². The van der Waals surface area contributed by atoms with Crippen molar-refractivity contribution in [3.63, 3.8) is 0 Å². The van der Waals surface area contributed by atoms with E-state index in [9.17, 15) is 14.0 Å². The van der Waals surface area contributed by atoms with Crippen LogP contribution in [0.4, 0.5) is 10.1 Å². The van der Waals surface area contributed by atoms with Gasteiger partial charge in [0, 0.05) is 12.6 Å². The Balaban J connectivity index is 3.36. The average molecular weight is 209 g/mol. The van der Waals surface area contributed by atoms with Crippen molar-refractivity contribution in [2.75, 3.05) is 5.32 Å². The van der Waals surface area contributed by atoms with Crippen LogP contribution in [-0.4, -0.2) is 12.2 Å². The molecule has 0 atom stereocenters. The van der Waals surface area contributed by atoms with Crippen molar-refractivity contribution in [2.24, 2.45) is 0 Å². The van der Waals surface area contributed by atoms with Crippen LogP contribution in [0.3, 0.4) is 0 Å². The number of aldehydes is 1. The van der Waals surface area contributed by atoms with Crippen LogP contribution in [0.1, 0.15) is 28.4 Å². The minimum absolute atomic E-state index is 0.00116. The van der Waals surface area contributed by atoms with Gasteiger partial charge in [0.2, 0.25) is 5.91 Å². The number of nitrogens with one attached hydrogen (secondary N) is 1. The third kappa shape index (κ3) is 2.21. The van der Waals surface area contributed by atoms with E-state index in [2.05, 4.69) is 5.32 Å². The number of carbonyl (C=O) groups is 2. The predicted octanol–water partition coefficient (Wildman–Crippen LogP) is 2.21. The average Bonchev–Trinajstić information content (AvgIpc) is 2.14. The van der Waals surface area contributed by atoms with Crippen molar-refractivity contribution in [1.29, 1.82) is 0 Å². The Labute approximate surface area is 87.3 Å². The van der Waals surface area contributed by atoms with Gasteiger partial charge in [-0.1, -0.05) is 0 Å². The Hall–Kier alpha value is -1.71. The number of rotatable bonds is 2. The van der Waals surface area contributed by atoms with Crippen molar-refractivity contribution >= 4 is 17.9 Å². The quantitative estimate of drug-likeness (QED) is 0.759. The molecule has 0 aliphatic rings. The second kappa shape index (κ2) is 4.21. The Bertz CT molecular complexity index is 427. The summed E-state index contributed by atoms with van der Waals surface area (Å²) in [5.41, 5.74) is 1.26. The molecule has 0 saturated heterocycles. The molecular formula is C11H12FNO2. The smallest absolute Gasteiger partial charge is 0.221 e. The molecule has 0 spiro atoms. The molecule has 4 heteroatoms. The van der Waals surface area contributed by atoms with Crippen molar-refractivity contribution in [2.45, 2.75) is 20.8 Å². The molecule has 0 aliphatic heterocycles. The molecule has 15 heavy (non-hydrogen) atoms. The molecule has 0 unspecified atom stereocenters. The summed E-state index contributed by atoms with van der Waals surface area (Å²) in [7, 11) is 0. The fourth-order valence-corrected chi connectivity index (χ4v) is 1.37. The van der Waals surface area contributed by atoms with Crippen LogP contribution in [0.2, 0.25) is 0 Å². The lowest BCUT2D eigenvalue weighted by Gasteiger charge is -2.11. The summed E-state index contributed by atoms with van der Waals surface area (Å²) in [4.78, 5) is 21.6. The van der Waals surface area contributed by atoms with Crippen LogP contribution in [0.15, 0.2) is 6.07 Å². The molecule has 3 nitrogen and oxygen atoms in total. The molecule has 80 valence electrons. The highest BCUT2D eigenvalue weighted by Gasteiger charge is 2.13. The highest BCUT2D eigenvalue weighted by atomic mass is 19.1. The third-order valence-corrected chi connectivity index (χ3v) is 2.18. The van der Waals surface area contributed by atoms with Gasteiger partial charge in [-0.2, -0.15) is 0 Å². The van der Waals surface area contributed by atoms with Crippen molar-refractivity contribution in [1.82, 2.24) is 0 Å². The largest absolute Gasteiger partial charge is 0.326 e. The summed E-state index contributed by atoms with van der Waals surface area (Å²) < 4.78 is 13.4. The number of benzene rings is 1. The molecule has 1 N–H and O–H groups in total. The first-order valence-corrected chi connectivity index (χ1v) is 4.49. The van der Waals surface area contributed by atoms with Crippen molar-refractivity contribution < 1.29 is 14.0 Å². The zero-order valence-corrected chi connectivity index (χ0v) is 8.85. The normalized spacial score (nSPS) is 9.87. The lowest BCUT2D eigenvalue weighted by atomic mass is 10.0. The van der Waals surface area contributed by atoms with Crippen LogP contribution in [0.5, 0.6) is 0 Å². The predicted molar refractivity (Wildman–Crippen MR) is 55.6 cm³/mol. The van der Waals surface area contributed by atoms with E-state index < -0.39 is 5.82 Å². The van der Waals surface area contributed by atoms with Crippen LogP contribution < -0.4 is 5.32 Å². The van der Waals surface area contributed by atoms with Crippen LogP contribution >= 0.6 is 0 Å². The molecule has 1 rings (SSSR count). The van der Waals surface area contributed by atoms with Crippen molar-refractivity contribution in [3.8, 4) is 0 Å². The lowest BCUT2D eigenvalue weighted by Crippen LogP contribution is -2.10. The summed E-state index contributed by atoms with van der Waals surface area (Å²) in [5, 5.41) is 2.55. The highest BCUT2D eigenvalue weighted by molar-refractivity contribution is 5.92. The van der Waals surface area contributed by atoms with Gasteiger partial charge in [-0.25, -0.2) is 4.39 Å². The number of anilines is 1. The zero-order chi connectivity index (χ0) is 11.6. The Kier molecular flexibility index (Phi) is 3.19. The monoisotopic (exact) mass is 209 g/mol. The van der Waals surface area contributed by atoms with Crippen LogP contribution in [0, 0.1) is 19.7 Å². The summed E-state index contributed by atoms with van der Waals surface area (Å²) in [6.45, 7) is 4.50. The lowest BCUT2D eigenvalue weighted by molar-refractivity contribution is -0.114. The van der Waals surface area contributed by atoms with Gasteiger partial charge in [0.05, 0.1) is 5.56 Å². The SMILES string of the molecule is CC(=O)Nc1cc(C)c(F)c(C=O)c1C. The van der Waals surface area contributed by atoms with E-state index in [0.717, 1.165) is 0 Å². The van der Waals surface area contributed by atoms with E-state index in [4.69, 9.17) is 0 Å². The van der Waals surface area contributed by atoms with Gasteiger partial charge in [-0.05, 0) is 31.0 Å². The zero-order valence-electron chi connectivity index (χ0n) is 8.85. The van der Waals surface area contributed by atoms with E-state index in [1.54, 1.807) is 13.8 Å². The number of amides is 1. The van der Waals surface area contributed by atoms with E-state index in [0.29, 0.717) is 23.1 Å². The molecule has 0 saturated carbocycles. The molecule has 0 bridgehead atoms. The fourth-order valence-electron chi connectivity index (χ4n) is 1.37. The number of aryl methyl sites for hydroxylation is 1. The van der Waals surface area contributed by atoms with E-state index in [1.807, 2.05) is 0 Å². The molecule has 0 aromatic heterocycles. The fraction of sp³-hybridized carbons (Fsp3) is 0.273. The van der Waals surface area contributed by atoms with Gasteiger partial charge >= 0.3 is 0 Å². The first kappa shape index (κ1) is 11.4. The van der Waals surface area contributed by atoms with E-state index >= 15 is 0 Å². The number of hydrogen-bond acceptors (Lipinski definition) is 2. The topological polar surface area (TPSA) is 46.2 Å². The maximum Gasteiger partial charge on any atom is 0.221 e. The number of carbonyl (C=O) groups excluding carboxylic acids is 2. The van der Waals surface area contributed by atoms with Gasteiger partial charge in [0.25, 0.3) is 0 Å². The Morgan fingerprint density at radius 2 is 2.07 bits per heavy atom.